The van der Waals surface area contributed by atoms with E-state index >= 15 is 0 Å². The zero-order valence-corrected chi connectivity index (χ0v) is 19.2. The van der Waals surface area contributed by atoms with E-state index in [0.29, 0.717) is 31.0 Å². The highest BCUT2D eigenvalue weighted by atomic mass is 16.1. The lowest BCUT2D eigenvalue weighted by Gasteiger charge is -2.21. The Morgan fingerprint density at radius 3 is 1.97 bits per heavy atom. The molecular weight excluding hydrogens is 434 g/mol. The molecule has 5 aromatic rings. The molecule has 1 amide bonds. The second kappa shape index (κ2) is 10.7. The second-order valence-corrected chi connectivity index (χ2v) is 8.28. The van der Waals surface area contributed by atoms with Crippen molar-refractivity contribution in [1.82, 2.24) is 19.9 Å². The summed E-state index contributed by atoms with van der Waals surface area (Å²) in [7, 11) is 0. The molecule has 3 heterocycles. The van der Waals surface area contributed by atoms with Crippen LogP contribution in [0.2, 0.25) is 0 Å². The van der Waals surface area contributed by atoms with E-state index in [4.69, 9.17) is 4.98 Å². The molecule has 0 aliphatic rings. The molecule has 0 radical (unpaired) electrons. The number of carbonyl (C=O) groups is 1. The largest absolute Gasteiger partial charge is 0.307 e. The van der Waals surface area contributed by atoms with Crippen molar-refractivity contribution in [3.05, 3.63) is 132 Å². The van der Waals surface area contributed by atoms with Gasteiger partial charge in [-0.25, -0.2) is 4.98 Å². The van der Waals surface area contributed by atoms with Crippen LogP contribution in [0.15, 0.2) is 109 Å². The Bertz CT molecular complexity index is 1380. The summed E-state index contributed by atoms with van der Waals surface area (Å²) >= 11 is 0. The smallest absolute Gasteiger partial charge is 0.257 e. The van der Waals surface area contributed by atoms with Gasteiger partial charge in [0.05, 0.1) is 17.1 Å². The van der Waals surface area contributed by atoms with E-state index in [-0.39, 0.29) is 5.91 Å². The summed E-state index contributed by atoms with van der Waals surface area (Å²) in [5, 5.41) is 4.92. The SMILES string of the molecule is O=C(Nc1cccc(CN(Cc2ccccn2)Cc2ccccn2)n1)c1cccc2ccccc12. The Morgan fingerprint density at radius 1 is 0.657 bits per heavy atom. The third kappa shape index (κ3) is 5.75. The Balaban J connectivity index is 1.34. The molecule has 2 aromatic carbocycles. The highest BCUT2D eigenvalue weighted by Crippen LogP contribution is 2.20. The quantitative estimate of drug-likeness (QED) is 0.333. The minimum absolute atomic E-state index is 0.176. The minimum Gasteiger partial charge on any atom is -0.307 e. The molecule has 6 nitrogen and oxygen atoms in total. The first kappa shape index (κ1) is 22.4. The average Bonchev–Trinajstić information content (AvgIpc) is 2.90. The Hall–Kier alpha value is -4.42. The highest BCUT2D eigenvalue weighted by molar-refractivity contribution is 6.12. The zero-order chi connectivity index (χ0) is 23.9. The topological polar surface area (TPSA) is 71.0 Å². The molecule has 0 saturated heterocycles. The van der Waals surface area contributed by atoms with E-state index in [0.717, 1.165) is 27.9 Å². The van der Waals surface area contributed by atoms with Crippen molar-refractivity contribution in [2.24, 2.45) is 0 Å². The van der Waals surface area contributed by atoms with Crippen molar-refractivity contribution in [2.45, 2.75) is 19.6 Å². The van der Waals surface area contributed by atoms with E-state index in [1.54, 1.807) is 12.4 Å². The zero-order valence-electron chi connectivity index (χ0n) is 19.2. The fraction of sp³-hybridized carbons (Fsp3) is 0.103. The third-order valence-electron chi connectivity index (χ3n) is 5.69. The molecule has 6 heteroatoms. The number of anilines is 1. The predicted octanol–water partition coefficient (Wildman–Crippen LogP) is 5.48. The van der Waals surface area contributed by atoms with Crippen molar-refractivity contribution in [1.29, 1.82) is 0 Å². The summed E-state index contributed by atoms with van der Waals surface area (Å²) < 4.78 is 0. The van der Waals surface area contributed by atoms with Gasteiger partial charge in [-0.05, 0) is 53.2 Å². The van der Waals surface area contributed by atoms with Gasteiger partial charge in [-0.15, -0.1) is 0 Å². The molecule has 0 atom stereocenters. The molecule has 0 aliphatic carbocycles. The van der Waals surface area contributed by atoms with Crippen LogP contribution in [0.25, 0.3) is 10.8 Å². The maximum absolute atomic E-state index is 13.1. The van der Waals surface area contributed by atoms with Crippen LogP contribution < -0.4 is 5.32 Å². The number of benzene rings is 2. The number of amides is 1. The Kier molecular flexibility index (Phi) is 6.82. The lowest BCUT2D eigenvalue weighted by Crippen LogP contribution is -2.24. The van der Waals surface area contributed by atoms with Crippen LogP contribution in [0, 0.1) is 0 Å². The van der Waals surface area contributed by atoms with E-state index < -0.39 is 0 Å². The van der Waals surface area contributed by atoms with Gasteiger partial charge < -0.3 is 5.32 Å². The summed E-state index contributed by atoms with van der Waals surface area (Å²) in [5.74, 6) is 0.348. The first-order chi connectivity index (χ1) is 17.2. The fourth-order valence-electron chi connectivity index (χ4n) is 4.08. The van der Waals surface area contributed by atoms with Gasteiger partial charge in [-0.1, -0.05) is 54.6 Å². The molecule has 0 spiro atoms. The maximum Gasteiger partial charge on any atom is 0.257 e. The molecule has 172 valence electrons. The van der Waals surface area contributed by atoms with Crippen LogP contribution in [0.5, 0.6) is 0 Å². The van der Waals surface area contributed by atoms with Crippen LogP contribution in [-0.4, -0.2) is 25.8 Å². The number of hydrogen-bond acceptors (Lipinski definition) is 5. The van der Waals surface area contributed by atoms with Gasteiger partial charge in [0.15, 0.2) is 0 Å². The van der Waals surface area contributed by atoms with Crippen molar-refractivity contribution in [3.8, 4) is 0 Å². The number of nitrogens with one attached hydrogen (secondary N) is 1. The number of rotatable bonds is 8. The normalized spacial score (nSPS) is 11.0. The van der Waals surface area contributed by atoms with E-state index in [1.807, 2.05) is 97.1 Å². The molecule has 3 aromatic heterocycles. The van der Waals surface area contributed by atoms with Crippen LogP contribution in [0.4, 0.5) is 5.82 Å². The second-order valence-electron chi connectivity index (χ2n) is 8.28. The molecule has 35 heavy (non-hydrogen) atoms. The molecule has 5 rings (SSSR count). The van der Waals surface area contributed by atoms with E-state index in [2.05, 4.69) is 20.2 Å². The molecule has 0 unspecified atom stereocenters. The van der Waals surface area contributed by atoms with Crippen LogP contribution >= 0.6 is 0 Å². The first-order valence-corrected chi connectivity index (χ1v) is 11.5. The van der Waals surface area contributed by atoms with Gasteiger partial charge in [0, 0.05) is 37.6 Å². The van der Waals surface area contributed by atoms with Gasteiger partial charge in [-0.3, -0.25) is 19.7 Å². The Morgan fingerprint density at radius 2 is 1.26 bits per heavy atom. The van der Waals surface area contributed by atoms with Crippen molar-refractivity contribution in [2.75, 3.05) is 5.32 Å². The summed E-state index contributed by atoms with van der Waals surface area (Å²) in [4.78, 5) is 29.0. The van der Waals surface area contributed by atoms with Gasteiger partial charge >= 0.3 is 0 Å². The van der Waals surface area contributed by atoms with Gasteiger partial charge in [0.1, 0.15) is 5.82 Å². The monoisotopic (exact) mass is 459 g/mol. The Labute approximate surface area is 204 Å². The highest BCUT2D eigenvalue weighted by Gasteiger charge is 2.13. The number of fused-ring (bicyclic) bond motifs is 1. The van der Waals surface area contributed by atoms with Crippen LogP contribution in [0.1, 0.15) is 27.4 Å². The third-order valence-corrected chi connectivity index (χ3v) is 5.69. The number of nitrogens with zero attached hydrogens (tertiary/aromatic N) is 4. The van der Waals surface area contributed by atoms with Crippen molar-refractivity contribution >= 4 is 22.5 Å². The standard InChI is InChI=1S/C29H25N5O/c35-29(27-15-7-10-22-9-1-2-14-26(22)27)33-28-16-8-13-25(32-28)21-34(19-23-11-3-5-17-30-23)20-24-12-4-6-18-31-24/h1-18H,19-21H2,(H,32,33,35). The van der Waals surface area contributed by atoms with Crippen molar-refractivity contribution < 1.29 is 4.79 Å². The molecule has 0 saturated carbocycles. The average molecular weight is 460 g/mol. The van der Waals surface area contributed by atoms with Crippen LogP contribution in [0.3, 0.4) is 0 Å². The van der Waals surface area contributed by atoms with Gasteiger partial charge in [0.25, 0.3) is 5.91 Å². The number of aromatic nitrogens is 3. The van der Waals surface area contributed by atoms with Gasteiger partial charge in [-0.2, -0.15) is 0 Å². The number of carbonyl (C=O) groups excluding carboxylic acids is 1. The van der Waals surface area contributed by atoms with E-state index in [9.17, 15) is 4.79 Å². The summed E-state index contributed by atoms with van der Waals surface area (Å²) in [6.07, 6.45) is 3.60. The maximum atomic E-state index is 13.1. The predicted molar refractivity (Wildman–Crippen MR) is 138 cm³/mol. The summed E-state index contributed by atoms with van der Waals surface area (Å²) in [6.45, 7) is 1.91. The summed E-state index contributed by atoms with van der Waals surface area (Å²) in [5.41, 5.74) is 3.43. The first-order valence-electron chi connectivity index (χ1n) is 11.5. The fourth-order valence-corrected chi connectivity index (χ4v) is 4.08. The molecular formula is C29H25N5O. The molecule has 0 fully saturated rings. The minimum atomic E-state index is -0.176. The molecule has 0 bridgehead atoms. The number of pyridine rings is 3. The molecule has 0 aliphatic heterocycles. The van der Waals surface area contributed by atoms with Crippen molar-refractivity contribution in [3.63, 3.8) is 0 Å². The lowest BCUT2D eigenvalue weighted by atomic mass is 10.0. The van der Waals surface area contributed by atoms with Crippen LogP contribution in [-0.2, 0) is 19.6 Å². The number of hydrogen-bond donors (Lipinski definition) is 1. The van der Waals surface area contributed by atoms with Gasteiger partial charge in [0.2, 0.25) is 0 Å². The van der Waals surface area contributed by atoms with E-state index in [1.165, 1.54) is 0 Å². The summed E-state index contributed by atoms with van der Waals surface area (Å²) in [6, 6.07) is 31.1. The molecule has 1 N–H and O–H groups in total. The lowest BCUT2D eigenvalue weighted by molar-refractivity contribution is 0.102.